The lowest BCUT2D eigenvalue weighted by molar-refractivity contribution is -0.135. The maximum atomic E-state index is 14.2. The number of carbonyl (C=O) groups excluding carboxylic acids is 1. The van der Waals surface area contributed by atoms with Gasteiger partial charge in [-0.1, -0.05) is 17.7 Å². The van der Waals surface area contributed by atoms with Gasteiger partial charge in [0.1, 0.15) is 29.5 Å². The third kappa shape index (κ3) is 4.19. The molecule has 3 rings (SSSR count). The molecule has 29 heavy (non-hydrogen) atoms. The molecule has 0 aliphatic heterocycles. The number of hydrogen-bond donors (Lipinski definition) is 4. The standard InChI is InChI=1S/C19H13ClF2N2O5/c20-13-6-10(21)2-1-8(13)3-9-4-11(22)5-12-16(9)24-19(29)15(17(12)27)18(28)23-7-14(25)26/h1-2,4-6H,3,7H2,(H,23,28)(H,25,26)(H2,24,27,29). The van der Waals surface area contributed by atoms with E-state index in [0.717, 1.165) is 18.2 Å². The van der Waals surface area contributed by atoms with Crippen LogP contribution >= 0.6 is 11.6 Å². The summed E-state index contributed by atoms with van der Waals surface area (Å²) in [7, 11) is 0. The summed E-state index contributed by atoms with van der Waals surface area (Å²) >= 11 is 6.00. The fourth-order valence-corrected chi connectivity index (χ4v) is 3.11. The maximum absolute atomic E-state index is 14.2. The first-order chi connectivity index (χ1) is 13.7. The van der Waals surface area contributed by atoms with Crippen molar-refractivity contribution >= 4 is 34.4 Å². The van der Waals surface area contributed by atoms with Crippen molar-refractivity contribution in [3.05, 3.63) is 74.0 Å². The van der Waals surface area contributed by atoms with E-state index in [9.17, 15) is 28.3 Å². The van der Waals surface area contributed by atoms with Gasteiger partial charge in [0.2, 0.25) is 0 Å². The monoisotopic (exact) mass is 422 g/mol. The fourth-order valence-electron chi connectivity index (χ4n) is 2.88. The second kappa shape index (κ2) is 7.88. The number of hydrogen-bond acceptors (Lipinski definition) is 4. The largest absolute Gasteiger partial charge is 0.506 e. The third-order valence-corrected chi connectivity index (χ3v) is 4.52. The van der Waals surface area contributed by atoms with Crippen LogP contribution in [0.2, 0.25) is 5.02 Å². The number of nitrogens with one attached hydrogen (secondary N) is 2. The van der Waals surface area contributed by atoms with Crippen molar-refractivity contribution < 1.29 is 28.6 Å². The SMILES string of the molecule is O=C(O)CNC(=O)c1c(O)c2cc(F)cc(Cc3ccc(F)cc3Cl)c2[nH]c1=O. The number of aromatic nitrogens is 1. The number of benzene rings is 2. The number of carbonyl (C=O) groups is 2. The molecule has 0 unspecified atom stereocenters. The Morgan fingerprint density at radius 2 is 1.83 bits per heavy atom. The molecule has 0 aliphatic carbocycles. The maximum Gasteiger partial charge on any atom is 0.322 e. The number of aromatic hydroxyl groups is 1. The normalized spacial score (nSPS) is 10.9. The molecule has 0 aliphatic rings. The van der Waals surface area contributed by atoms with Crippen LogP contribution in [0.5, 0.6) is 5.75 Å². The predicted molar refractivity (Wildman–Crippen MR) is 100 cm³/mol. The van der Waals surface area contributed by atoms with Crippen molar-refractivity contribution in [2.24, 2.45) is 0 Å². The summed E-state index contributed by atoms with van der Waals surface area (Å²) in [5, 5.41) is 20.9. The molecular formula is C19H13ClF2N2O5. The van der Waals surface area contributed by atoms with Gasteiger partial charge in [0.25, 0.3) is 11.5 Å². The van der Waals surface area contributed by atoms with E-state index in [0.29, 0.717) is 5.56 Å². The molecule has 3 aromatic rings. The van der Waals surface area contributed by atoms with Gasteiger partial charge in [-0.25, -0.2) is 8.78 Å². The van der Waals surface area contributed by atoms with Gasteiger partial charge in [-0.15, -0.1) is 0 Å². The van der Waals surface area contributed by atoms with Crippen LogP contribution in [0.1, 0.15) is 21.5 Å². The average Bonchev–Trinajstić information content (AvgIpc) is 2.63. The summed E-state index contributed by atoms with van der Waals surface area (Å²) < 4.78 is 27.4. The Kier molecular flexibility index (Phi) is 5.51. The zero-order valence-electron chi connectivity index (χ0n) is 14.6. The van der Waals surface area contributed by atoms with Gasteiger partial charge in [0, 0.05) is 16.8 Å². The zero-order chi connectivity index (χ0) is 21.3. The smallest absolute Gasteiger partial charge is 0.322 e. The highest BCUT2D eigenvalue weighted by Gasteiger charge is 2.21. The summed E-state index contributed by atoms with van der Waals surface area (Å²) in [5.74, 6) is -4.58. The average molecular weight is 423 g/mol. The van der Waals surface area contributed by atoms with Crippen LogP contribution in [0.25, 0.3) is 10.9 Å². The second-order valence-electron chi connectivity index (χ2n) is 6.15. The van der Waals surface area contributed by atoms with Gasteiger partial charge < -0.3 is 20.5 Å². The number of carboxylic acids is 1. The molecule has 1 aromatic heterocycles. The highest BCUT2D eigenvalue weighted by atomic mass is 35.5. The minimum Gasteiger partial charge on any atom is -0.506 e. The van der Waals surface area contributed by atoms with Gasteiger partial charge in [-0.2, -0.15) is 0 Å². The molecule has 10 heteroatoms. The van der Waals surface area contributed by atoms with E-state index in [1.807, 2.05) is 5.32 Å². The first kappa shape index (κ1) is 20.3. The minimum atomic E-state index is -1.35. The van der Waals surface area contributed by atoms with E-state index >= 15 is 0 Å². The van der Waals surface area contributed by atoms with E-state index in [4.69, 9.17) is 16.7 Å². The van der Waals surface area contributed by atoms with Crippen molar-refractivity contribution in [3.8, 4) is 5.75 Å². The predicted octanol–water partition coefficient (Wildman–Crippen LogP) is 2.57. The molecule has 7 nitrogen and oxygen atoms in total. The van der Waals surface area contributed by atoms with Crippen LogP contribution in [0.4, 0.5) is 8.78 Å². The molecule has 2 aromatic carbocycles. The molecule has 0 spiro atoms. The van der Waals surface area contributed by atoms with Crippen LogP contribution in [0.3, 0.4) is 0 Å². The Labute approximate surface area is 166 Å². The molecule has 0 saturated carbocycles. The van der Waals surface area contributed by atoms with Crippen molar-refractivity contribution in [1.29, 1.82) is 0 Å². The Hall–Kier alpha value is -3.46. The molecule has 4 N–H and O–H groups in total. The van der Waals surface area contributed by atoms with Crippen molar-refractivity contribution in [2.45, 2.75) is 6.42 Å². The lowest BCUT2D eigenvalue weighted by Gasteiger charge is -2.12. The number of amides is 1. The summed E-state index contributed by atoms with van der Waals surface area (Å²) in [6.45, 7) is -0.771. The van der Waals surface area contributed by atoms with Gasteiger partial charge in [-0.3, -0.25) is 14.4 Å². The van der Waals surface area contributed by atoms with Crippen LogP contribution in [-0.4, -0.2) is 33.6 Å². The molecule has 150 valence electrons. The van der Waals surface area contributed by atoms with Crippen molar-refractivity contribution in [3.63, 3.8) is 0 Å². The van der Waals surface area contributed by atoms with Gasteiger partial charge in [0.05, 0.1) is 5.52 Å². The summed E-state index contributed by atoms with van der Waals surface area (Å²) in [6.07, 6.45) is 0.00725. The highest BCUT2D eigenvalue weighted by molar-refractivity contribution is 6.31. The third-order valence-electron chi connectivity index (χ3n) is 4.17. The van der Waals surface area contributed by atoms with Gasteiger partial charge in [-0.05, 0) is 35.4 Å². The number of rotatable bonds is 5. The highest BCUT2D eigenvalue weighted by Crippen LogP contribution is 2.30. The zero-order valence-corrected chi connectivity index (χ0v) is 15.3. The number of pyridine rings is 1. The summed E-state index contributed by atoms with van der Waals surface area (Å²) in [4.78, 5) is 37.4. The van der Waals surface area contributed by atoms with E-state index in [2.05, 4.69) is 4.98 Å². The molecule has 0 fully saturated rings. The van der Waals surface area contributed by atoms with Gasteiger partial charge >= 0.3 is 5.97 Å². The number of H-pyrrole nitrogens is 1. The lowest BCUT2D eigenvalue weighted by atomic mass is 10.00. The second-order valence-corrected chi connectivity index (χ2v) is 6.56. The van der Waals surface area contributed by atoms with E-state index in [-0.39, 0.29) is 27.9 Å². The Balaban J connectivity index is 2.13. The Bertz CT molecular complexity index is 1210. The molecule has 0 saturated heterocycles. The Morgan fingerprint density at radius 3 is 2.48 bits per heavy atom. The van der Waals surface area contributed by atoms with Crippen LogP contribution in [0.15, 0.2) is 35.1 Å². The van der Waals surface area contributed by atoms with Crippen molar-refractivity contribution in [1.82, 2.24) is 10.3 Å². The summed E-state index contributed by atoms with van der Waals surface area (Å²) in [6, 6.07) is 5.70. The van der Waals surface area contributed by atoms with Crippen LogP contribution in [-0.2, 0) is 11.2 Å². The first-order valence-corrected chi connectivity index (χ1v) is 8.56. The number of halogens is 3. The molecule has 0 bridgehead atoms. The molecular weight excluding hydrogens is 410 g/mol. The molecule has 0 atom stereocenters. The van der Waals surface area contributed by atoms with Crippen LogP contribution < -0.4 is 10.9 Å². The quantitative estimate of drug-likeness (QED) is 0.504. The lowest BCUT2D eigenvalue weighted by Crippen LogP contribution is -2.33. The number of aliphatic carboxylic acids is 1. The molecule has 0 radical (unpaired) electrons. The topological polar surface area (TPSA) is 119 Å². The summed E-state index contributed by atoms with van der Waals surface area (Å²) in [5.41, 5.74) is -0.989. The first-order valence-electron chi connectivity index (χ1n) is 8.18. The van der Waals surface area contributed by atoms with Gasteiger partial charge in [0.15, 0.2) is 0 Å². The fraction of sp³-hybridized carbons (Fsp3) is 0.105. The van der Waals surface area contributed by atoms with E-state index in [1.54, 1.807) is 0 Å². The number of fused-ring (bicyclic) bond motifs is 1. The molecule has 1 amide bonds. The minimum absolute atomic E-state index is 0.00725. The number of aromatic amines is 1. The Morgan fingerprint density at radius 1 is 1.10 bits per heavy atom. The van der Waals surface area contributed by atoms with E-state index in [1.165, 1.54) is 12.1 Å². The van der Waals surface area contributed by atoms with E-state index < -0.39 is 46.9 Å². The van der Waals surface area contributed by atoms with Crippen LogP contribution in [0, 0.1) is 11.6 Å². The van der Waals surface area contributed by atoms with Crippen molar-refractivity contribution in [2.75, 3.05) is 6.54 Å². The molecule has 1 heterocycles. The number of carboxylic acid groups (broad SMARTS) is 1.